The zero-order chi connectivity index (χ0) is 8.27. The summed E-state index contributed by atoms with van der Waals surface area (Å²) in [5.74, 6) is -0.0131. The Morgan fingerprint density at radius 3 is 2.64 bits per heavy atom. The molecule has 1 aromatic carbocycles. The van der Waals surface area contributed by atoms with Crippen LogP contribution in [-0.2, 0) is 11.5 Å². The number of hydrogen-bond acceptors (Lipinski definition) is 1. The Morgan fingerprint density at radius 2 is 2.09 bits per heavy atom. The lowest BCUT2D eigenvalue weighted by atomic mass is 10.1. The Kier molecular flexibility index (Phi) is 2.49. The van der Waals surface area contributed by atoms with E-state index in [2.05, 4.69) is 0 Å². The van der Waals surface area contributed by atoms with Crippen molar-refractivity contribution in [3.8, 4) is 5.75 Å². The van der Waals surface area contributed by atoms with Gasteiger partial charge in [0.05, 0.1) is 6.10 Å². The van der Waals surface area contributed by atoms with Crippen molar-refractivity contribution in [2.24, 2.45) is 0 Å². The molecule has 0 atom stereocenters. The van der Waals surface area contributed by atoms with Crippen molar-refractivity contribution in [3.05, 3.63) is 35.9 Å². The summed E-state index contributed by atoms with van der Waals surface area (Å²) in [6.07, 6.45) is 0.632. The Bertz CT molecular complexity index is 231. The van der Waals surface area contributed by atoms with Crippen LogP contribution in [0.3, 0.4) is 0 Å². The summed E-state index contributed by atoms with van der Waals surface area (Å²) in [6.45, 7) is 1.59. The fourth-order valence-electron chi connectivity index (χ4n) is 0.925. The number of rotatable bonds is 2. The van der Waals surface area contributed by atoms with Gasteiger partial charge in [0.1, 0.15) is 0 Å². The lowest BCUT2D eigenvalue weighted by molar-refractivity contribution is 0.299. The van der Waals surface area contributed by atoms with Gasteiger partial charge in [0.2, 0.25) is 0 Å². The van der Waals surface area contributed by atoms with Crippen molar-refractivity contribution in [3.63, 3.8) is 0 Å². The Balaban J connectivity index is 2.78. The summed E-state index contributed by atoms with van der Waals surface area (Å²) in [4.78, 5) is 0. The van der Waals surface area contributed by atoms with Crippen LogP contribution in [0.5, 0.6) is 5.75 Å². The molecule has 58 valence electrons. The van der Waals surface area contributed by atoms with Crippen LogP contribution < -0.4 is 0 Å². The van der Waals surface area contributed by atoms with Gasteiger partial charge in [0.25, 0.3) is 0 Å². The first kappa shape index (κ1) is 8.08. The van der Waals surface area contributed by atoms with E-state index in [1.165, 1.54) is 6.07 Å². The minimum atomic E-state index is -0.0131. The van der Waals surface area contributed by atoms with Crippen molar-refractivity contribution in [2.45, 2.75) is 13.3 Å². The van der Waals surface area contributed by atoms with Crippen molar-refractivity contribution >= 4 is 0 Å². The van der Waals surface area contributed by atoms with Gasteiger partial charge in [-0.15, -0.1) is 0 Å². The van der Waals surface area contributed by atoms with Gasteiger partial charge in [-0.05, 0) is 13.0 Å². The van der Waals surface area contributed by atoms with Crippen LogP contribution in [0.2, 0.25) is 0 Å². The summed E-state index contributed by atoms with van der Waals surface area (Å²) in [6, 6.07) is 6.71. The molecule has 0 saturated carbocycles. The third-order valence-corrected chi connectivity index (χ3v) is 1.42. The molecule has 2 heteroatoms. The number of hydrogen-bond donors (Lipinski definition) is 1. The van der Waals surface area contributed by atoms with Crippen molar-refractivity contribution in [2.75, 3.05) is 0 Å². The molecule has 0 heterocycles. The maximum Gasteiger partial charge on any atom is 0.181 e. The van der Waals surface area contributed by atoms with Crippen LogP contribution in [0.15, 0.2) is 24.3 Å². The fraction of sp³-hybridized carbons (Fsp3) is 0.222. The molecule has 0 aromatic heterocycles. The zero-order valence-corrected chi connectivity index (χ0v) is 6.37. The Labute approximate surface area is 66.1 Å². The van der Waals surface area contributed by atoms with E-state index in [-0.39, 0.29) is 11.9 Å². The van der Waals surface area contributed by atoms with Crippen molar-refractivity contribution < 1.29 is 10.2 Å². The maximum atomic E-state index is 11.0. The van der Waals surface area contributed by atoms with E-state index in [1.54, 1.807) is 25.1 Å². The van der Waals surface area contributed by atoms with E-state index in [1.807, 2.05) is 0 Å². The SMILES string of the molecule is C[C](O)Cc1ccccc1[O]. The molecule has 0 fully saturated rings. The largest absolute Gasteiger partial charge is 0.387 e. The molecule has 0 amide bonds. The smallest absolute Gasteiger partial charge is 0.181 e. The summed E-state index contributed by atoms with van der Waals surface area (Å²) in [7, 11) is 0. The molecule has 0 aliphatic rings. The van der Waals surface area contributed by atoms with E-state index in [9.17, 15) is 5.11 Å². The number of aliphatic hydroxyl groups excluding tert-OH is 1. The van der Waals surface area contributed by atoms with Crippen molar-refractivity contribution in [1.82, 2.24) is 0 Å². The van der Waals surface area contributed by atoms with Crippen LogP contribution in [0.4, 0.5) is 0 Å². The highest BCUT2D eigenvalue weighted by molar-refractivity contribution is 5.32. The van der Waals surface area contributed by atoms with Gasteiger partial charge in [-0.3, -0.25) is 5.11 Å². The molecule has 2 radical (unpaired) electrons. The molecular weight excluding hydrogens is 140 g/mol. The predicted octanol–water partition coefficient (Wildman–Crippen LogP) is 2.30. The fourth-order valence-corrected chi connectivity index (χ4v) is 0.925. The zero-order valence-electron chi connectivity index (χ0n) is 6.37. The van der Waals surface area contributed by atoms with E-state index >= 15 is 0 Å². The molecule has 0 spiro atoms. The summed E-state index contributed by atoms with van der Waals surface area (Å²) >= 11 is 0. The quantitative estimate of drug-likeness (QED) is 0.690. The average Bonchev–Trinajstić information content (AvgIpc) is 1.93. The van der Waals surface area contributed by atoms with Crippen LogP contribution in [0, 0.1) is 6.10 Å². The van der Waals surface area contributed by atoms with E-state index in [4.69, 9.17) is 5.11 Å². The normalized spacial score (nSPS) is 10.5. The minimum absolute atomic E-state index is 0.0131. The van der Waals surface area contributed by atoms with Gasteiger partial charge in [-0.25, -0.2) is 0 Å². The monoisotopic (exact) mass is 150 g/mol. The molecule has 1 N–H and O–H groups in total. The molecule has 0 aliphatic carbocycles. The first-order valence-corrected chi connectivity index (χ1v) is 3.46. The van der Waals surface area contributed by atoms with Crippen LogP contribution in [0.1, 0.15) is 12.5 Å². The molecule has 0 aliphatic heterocycles. The maximum absolute atomic E-state index is 11.0. The van der Waals surface area contributed by atoms with Gasteiger partial charge >= 0.3 is 0 Å². The van der Waals surface area contributed by atoms with Gasteiger partial charge < -0.3 is 5.11 Å². The second kappa shape index (κ2) is 3.39. The van der Waals surface area contributed by atoms with Gasteiger partial charge in [-0.2, -0.15) is 0 Å². The van der Waals surface area contributed by atoms with E-state index < -0.39 is 0 Å². The standard InChI is InChI=1S/C9H10O2/c1-7(10)6-8-4-2-3-5-9(8)11/h2-5,10H,6H2,1H3. The van der Waals surface area contributed by atoms with Gasteiger partial charge in [0, 0.05) is 12.0 Å². The number of para-hydroxylation sites is 1. The third kappa shape index (κ3) is 2.24. The molecule has 0 bridgehead atoms. The second-order valence-electron chi connectivity index (χ2n) is 2.52. The molecule has 1 aromatic rings. The third-order valence-electron chi connectivity index (χ3n) is 1.42. The van der Waals surface area contributed by atoms with Gasteiger partial charge in [0.15, 0.2) is 5.75 Å². The van der Waals surface area contributed by atoms with Gasteiger partial charge in [-0.1, -0.05) is 18.2 Å². The minimum Gasteiger partial charge on any atom is -0.387 e. The lowest BCUT2D eigenvalue weighted by Crippen LogP contribution is -1.94. The molecule has 1 rings (SSSR count). The highest BCUT2D eigenvalue weighted by atomic mass is 16.3. The van der Waals surface area contributed by atoms with E-state index in [0.717, 1.165) is 0 Å². The average molecular weight is 150 g/mol. The highest BCUT2D eigenvalue weighted by Crippen LogP contribution is 2.19. The summed E-state index contributed by atoms with van der Waals surface area (Å²) < 4.78 is 0. The highest BCUT2D eigenvalue weighted by Gasteiger charge is 2.04. The van der Waals surface area contributed by atoms with Crippen LogP contribution in [-0.4, -0.2) is 5.11 Å². The predicted molar refractivity (Wildman–Crippen MR) is 41.1 cm³/mol. The summed E-state index contributed by atoms with van der Waals surface area (Å²) in [5, 5.41) is 19.9. The van der Waals surface area contributed by atoms with Crippen molar-refractivity contribution in [1.29, 1.82) is 0 Å². The molecule has 11 heavy (non-hydrogen) atoms. The topological polar surface area (TPSA) is 40.1 Å². The summed E-state index contributed by atoms with van der Waals surface area (Å²) in [5.41, 5.74) is 0.646. The Hall–Kier alpha value is -1.02. The number of benzene rings is 1. The molecular formula is C9H10O2. The van der Waals surface area contributed by atoms with E-state index in [0.29, 0.717) is 12.0 Å². The Morgan fingerprint density at radius 1 is 1.45 bits per heavy atom. The molecule has 0 saturated heterocycles. The van der Waals surface area contributed by atoms with Crippen LogP contribution in [0.25, 0.3) is 0 Å². The second-order valence-corrected chi connectivity index (χ2v) is 2.52. The molecule has 0 unspecified atom stereocenters. The number of aliphatic hydroxyl groups is 1. The first-order chi connectivity index (χ1) is 5.20. The molecule has 2 nitrogen and oxygen atoms in total. The first-order valence-electron chi connectivity index (χ1n) is 3.46. The van der Waals surface area contributed by atoms with Crippen LogP contribution >= 0.6 is 0 Å². The lowest BCUT2D eigenvalue weighted by Gasteiger charge is -2.02.